The molecule has 0 amide bonds. The van der Waals surface area contributed by atoms with E-state index >= 15 is 0 Å². The first-order valence-electron chi connectivity index (χ1n) is 4.14. The lowest BCUT2D eigenvalue weighted by Crippen LogP contribution is -1.87. The molecule has 0 radical (unpaired) electrons. The first kappa shape index (κ1) is 11.1. The van der Waals surface area contributed by atoms with Gasteiger partial charge in [0, 0.05) is 16.7 Å². The maximum atomic E-state index is 12.5. The third-order valence-corrected chi connectivity index (χ3v) is 2.76. The fourth-order valence-electron chi connectivity index (χ4n) is 1.16. The molecule has 1 aromatic carbocycles. The molecule has 2 rings (SSSR count). The molecule has 0 fully saturated rings. The highest BCUT2D eigenvalue weighted by Crippen LogP contribution is 2.24. The molecule has 0 N–H and O–H groups in total. The van der Waals surface area contributed by atoms with Gasteiger partial charge in [-0.25, -0.2) is 0 Å². The molecule has 0 unspecified atom stereocenters. The van der Waals surface area contributed by atoms with Crippen molar-refractivity contribution in [1.82, 2.24) is 5.16 Å². The quantitative estimate of drug-likeness (QED) is 0.780. The summed E-state index contributed by atoms with van der Waals surface area (Å²) in [6.45, 7) is 0. The molecule has 16 heavy (non-hydrogen) atoms. The molecule has 0 spiro atoms. The Hall–Kier alpha value is -1.40. The summed E-state index contributed by atoms with van der Waals surface area (Å²) < 4.78 is 37.9. The summed E-state index contributed by atoms with van der Waals surface area (Å²) in [7, 11) is -4.86. The largest absolute Gasteiger partial charge is 0.368 e. The van der Waals surface area contributed by atoms with Crippen LogP contribution < -0.4 is 0 Å². The predicted molar refractivity (Wildman–Crippen MR) is 55.2 cm³/mol. The van der Waals surface area contributed by atoms with Crippen molar-refractivity contribution in [1.29, 1.82) is 0 Å². The van der Waals surface area contributed by atoms with Gasteiger partial charge in [-0.3, -0.25) is 0 Å². The van der Waals surface area contributed by atoms with Crippen molar-refractivity contribution in [2.24, 2.45) is 0 Å². The number of nitrogens with zero attached hydrogens (tertiary/aromatic N) is 1. The molecule has 1 heterocycles. The monoisotopic (exact) mass is 261 g/mol. The minimum absolute atomic E-state index is 0.207. The van der Waals surface area contributed by atoms with Gasteiger partial charge in [-0.1, -0.05) is 32.8 Å². The van der Waals surface area contributed by atoms with Crippen molar-refractivity contribution in [3.05, 3.63) is 35.4 Å². The Kier molecular flexibility index (Phi) is 2.69. The Balaban J connectivity index is 2.47. The van der Waals surface area contributed by atoms with E-state index in [0.29, 0.717) is 10.6 Å². The lowest BCUT2D eigenvalue weighted by atomic mass is 10.2. The van der Waals surface area contributed by atoms with E-state index in [1.807, 2.05) is 0 Å². The summed E-state index contributed by atoms with van der Waals surface area (Å²) in [5.74, 6) is 0. The van der Waals surface area contributed by atoms with Gasteiger partial charge in [0.15, 0.2) is 0 Å². The first-order chi connectivity index (χ1) is 7.47. The van der Waals surface area contributed by atoms with Crippen molar-refractivity contribution in [2.75, 3.05) is 0 Å². The van der Waals surface area contributed by atoms with Gasteiger partial charge in [-0.15, -0.1) is 0 Å². The molecule has 84 valence electrons. The molecular weight excluding hydrogens is 257 g/mol. The summed E-state index contributed by atoms with van der Waals surface area (Å²) in [5.41, 5.74) is 0.755. The van der Waals surface area contributed by atoms with E-state index in [9.17, 15) is 12.3 Å². The molecule has 0 aliphatic carbocycles. The van der Waals surface area contributed by atoms with Crippen LogP contribution in [-0.4, -0.2) is 13.6 Å². The summed E-state index contributed by atoms with van der Waals surface area (Å²) in [6, 6.07) is 7.53. The molecule has 4 nitrogen and oxygen atoms in total. The van der Waals surface area contributed by atoms with E-state index in [1.165, 1.54) is 0 Å². The summed E-state index contributed by atoms with van der Waals surface area (Å²) in [4.78, 5) is 0. The zero-order valence-corrected chi connectivity index (χ0v) is 9.30. The Labute approximate surface area is 95.8 Å². The van der Waals surface area contributed by atoms with Crippen LogP contribution in [0.1, 0.15) is 0 Å². The predicted octanol–water partition coefficient (Wildman–Crippen LogP) is 2.65. The third-order valence-electron chi connectivity index (χ3n) is 1.85. The zero-order chi connectivity index (χ0) is 11.8. The van der Waals surface area contributed by atoms with Gasteiger partial charge in [0.05, 0.1) is 0 Å². The van der Waals surface area contributed by atoms with Gasteiger partial charge in [0.2, 0.25) is 0 Å². The molecule has 0 bridgehead atoms. The molecule has 0 saturated carbocycles. The molecule has 0 aliphatic heterocycles. The van der Waals surface area contributed by atoms with Crippen molar-refractivity contribution in [2.45, 2.75) is 5.09 Å². The number of hydrogen-bond donors (Lipinski definition) is 0. The van der Waals surface area contributed by atoms with E-state index in [1.54, 1.807) is 24.3 Å². The van der Waals surface area contributed by atoms with E-state index in [4.69, 9.17) is 11.6 Å². The maximum absolute atomic E-state index is 12.5. The van der Waals surface area contributed by atoms with Crippen molar-refractivity contribution >= 4 is 21.8 Å². The van der Waals surface area contributed by atoms with E-state index < -0.39 is 15.3 Å². The molecule has 0 saturated heterocycles. The van der Waals surface area contributed by atoms with Gasteiger partial charge in [0.1, 0.15) is 5.69 Å². The standard InChI is InChI=1S/C9H5ClFNO3S/c10-7-3-1-2-6(4-7)8-5-9(15-12-8)16(11,13)14/h1-5H. The highest BCUT2D eigenvalue weighted by molar-refractivity contribution is 7.86. The van der Waals surface area contributed by atoms with Crippen LogP contribution in [0.4, 0.5) is 3.89 Å². The number of halogens is 2. The first-order valence-corrected chi connectivity index (χ1v) is 5.90. The van der Waals surface area contributed by atoms with Crippen molar-refractivity contribution in [3.63, 3.8) is 0 Å². The van der Waals surface area contributed by atoms with Crippen LogP contribution in [0.2, 0.25) is 5.02 Å². The van der Waals surface area contributed by atoms with Crippen LogP contribution in [0.3, 0.4) is 0 Å². The lowest BCUT2D eigenvalue weighted by molar-refractivity contribution is 0.334. The second-order valence-corrected chi connectivity index (χ2v) is 4.69. The number of hydrogen-bond acceptors (Lipinski definition) is 4. The second-order valence-electron chi connectivity index (χ2n) is 2.98. The Bertz CT molecular complexity index is 623. The second kappa shape index (κ2) is 3.88. The zero-order valence-electron chi connectivity index (χ0n) is 7.72. The van der Waals surface area contributed by atoms with Crippen LogP contribution >= 0.6 is 11.6 Å². The highest BCUT2D eigenvalue weighted by atomic mass is 35.5. The van der Waals surface area contributed by atoms with Gasteiger partial charge < -0.3 is 4.52 Å². The van der Waals surface area contributed by atoms with E-state index in [-0.39, 0.29) is 5.69 Å². The van der Waals surface area contributed by atoms with Gasteiger partial charge in [0.25, 0.3) is 5.09 Å². The number of benzene rings is 1. The Morgan fingerprint density at radius 3 is 2.62 bits per heavy atom. The van der Waals surface area contributed by atoms with E-state index in [0.717, 1.165) is 6.07 Å². The molecule has 7 heteroatoms. The van der Waals surface area contributed by atoms with Crippen LogP contribution in [0, 0.1) is 0 Å². The summed E-state index contributed by atoms with van der Waals surface area (Å²) in [5, 5.41) is 3.09. The minimum atomic E-state index is -4.86. The number of aromatic nitrogens is 1. The van der Waals surface area contributed by atoms with Crippen molar-refractivity contribution < 1.29 is 16.8 Å². The van der Waals surface area contributed by atoms with Gasteiger partial charge in [-0.05, 0) is 12.1 Å². The molecule has 1 aromatic heterocycles. The highest BCUT2D eigenvalue weighted by Gasteiger charge is 2.19. The van der Waals surface area contributed by atoms with Crippen molar-refractivity contribution in [3.8, 4) is 11.3 Å². The van der Waals surface area contributed by atoms with Gasteiger partial charge in [-0.2, -0.15) is 8.42 Å². The molecule has 0 atom stereocenters. The average molecular weight is 262 g/mol. The maximum Gasteiger partial charge on any atom is 0.368 e. The molecule has 2 aromatic rings. The van der Waals surface area contributed by atoms with Crippen LogP contribution in [0.5, 0.6) is 0 Å². The van der Waals surface area contributed by atoms with Gasteiger partial charge >= 0.3 is 10.2 Å². The molecule has 0 aliphatic rings. The van der Waals surface area contributed by atoms with Crippen LogP contribution in [0.15, 0.2) is 39.9 Å². The fraction of sp³-hybridized carbons (Fsp3) is 0. The van der Waals surface area contributed by atoms with Crippen LogP contribution in [-0.2, 0) is 10.2 Å². The Morgan fingerprint density at radius 2 is 2.06 bits per heavy atom. The normalized spacial score (nSPS) is 11.6. The average Bonchev–Trinajstić information content (AvgIpc) is 2.65. The number of rotatable bonds is 2. The Morgan fingerprint density at radius 1 is 1.31 bits per heavy atom. The fourth-order valence-corrected chi connectivity index (χ4v) is 1.73. The minimum Gasteiger partial charge on any atom is -0.341 e. The third kappa shape index (κ3) is 2.23. The molecular formula is C9H5ClFNO3S. The topological polar surface area (TPSA) is 60.2 Å². The van der Waals surface area contributed by atoms with Crippen LogP contribution in [0.25, 0.3) is 11.3 Å². The van der Waals surface area contributed by atoms with E-state index in [2.05, 4.69) is 9.68 Å². The summed E-state index contributed by atoms with van der Waals surface area (Å²) >= 11 is 5.74. The SMILES string of the molecule is O=S(=O)(F)c1cc(-c2cccc(Cl)c2)no1. The smallest absolute Gasteiger partial charge is 0.341 e. The lowest BCUT2D eigenvalue weighted by Gasteiger charge is -1.94. The summed E-state index contributed by atoms with van der Waals surface area (Å²) in [6.07, 6.45) is 0.